The number of carbonyl (C=O) groups is 1. The van der Waals surface area contributed by atoms with Gasteiger partial charge >= 0.3 is 0 Å². The SMILES string of the molecule is N#CC(=Cc1ccc(-c2ccc(Cl)cc2)o1)C(=O)NCC1CCCO1. The molecule has 5 nitrogen and oxygen atoms in total. The molecular weight excluding hydrogens is 340 g/mol. The molecule has 1 N–H and O–H groups in total. The molecule has 0 spiro atoms. The second-order valence-corrected chi connectivity index (χ2v) is 6.16. The fraction of sp³-hybridized carbons (Fsp3) is 0.263. The van der Waals surface area contributed by atoms with E-state index in [1.54, 1.807) is 24.3 Å². The van der Waals surface area contributed by atoms with Crippen LogP contribution in [0.5, 0.6) is 0 Å². The van der Waals surface area contributed by atoms with Gasteiger partial charge in [-0.05, 0) is 49.2 Å². The number of nitrogens with one attached hydrogen (secondary N) is 1. The molecule has 1 saturated heterocycles. The molecule has 1 aliphatic rings. The number of rotatable bonds is 5. The molecule has 0 bridgehead atoms. The van der Waals surface area contributed by atoms with E-state index in [0.717, 1.165) is 25.0 Å². The van der Waals surface area contributed by atoms with Crippen LogP contribution in [0.3, 0.4) is 0 Å². The summed E-state index contributed by atoms with van der Waals surface area (Å²) in [6.07, 6.45) is 3.39. The van der Waals surface area contributed by atoms with E-state index in [9.17, 15) is 10.1 Å². The van der Waals surface area contributed by atoms with Crippen molar-refractivity contribution in [2.45, 2.75) is 18.9 Å². The molecule has 1 fully saturated rings. The Kier molecular flexibility index (Phi) is 5.54. The Morgan fingerprint density at radius 1 is 1.32 bits per heavy atom. The zero-order valence-corrected chi connectivity index (χ0v) is 14.3. The first kappa shape index (κ1) is 17.3. The second-order valence-electron chi connectivity index (χ2n) is 5.72. The quantitative estimate of drug-likeness (QED) is 0.653. The Hall–Kier alpha value is -2.55. The van der Waals surface area contributed by atoms with Crippen molar-refractivity contribution in [1.82, 2.24) is 5.32 Å². The smallest absolute Gasteiger partial charge is 0.262 e. The summed E-state index contributed by atoms with van der Waals surface area (Å²) in [5.41, 5.74) is 0.861. The molecule has 25 heavy (non-hydrogen) atoms. The van der Waals surface area contributed by atoms with Crippen molar-refractivity contribution in [1.29, 1.82) is 5.26 Å². The fourth-order valence-corrected chi connectivity index (χ4v) is 2.72. The van der Waals surface area contributed by atoms with Crippen LogP contribution in [0.25, 0.3) is 17.4 Å². The molecule has 1 aliphatic heterocycles. The summed E-state index contributed by atoms with van der Waals surface area (Å²) in [7, 11) is 0. The molecule has 3 rings (SSSR count). The lowest BCUT2D eigenvalue weighted by atomic mass is 10.2. The van der Waals surface area contributed by atoms with E-state index in [-0.39, 0.29) is 11.7 Å². The number of halogens is 1. The summed E-state index contributed by atoms with van der Waals surface area (Å²) in [5.74, 6) is 0.649. The molecule has 1 atom stereocenters. The zero-order chi connectivity index (χ0) is 17.6. The topological polar surface area (TPSA) is 75.3 Å². The van der Waals surface area contributed by atoms with Crippen LogP contribution >= 0.6 is 11.6 Å². The molecule has 1 unspecified atom stereocenters. The zero-order valence-electron chi connectivity index (χ0n) is 13.5. The number of amides is 1. The standard InChI is InChI=1S/C19H17ClN2O3/c20-15-5-3-13(4-6-15)18-8-7-16(25-18)10-14(11-21)19(23)22-12-17-2-1-9-24-17/h3-8,10,17H,1-2,9,12H2,(H,22,23). The number of benzene rings is 1. The van der Waals surface area contributed by atoms with Crippen LogP contribution in [0, 0.1) is 11.3 Å². The minimum Gasteiger partial charge on any atom is -0.457 e. The molecule has 1 aromatic heterocycles. The molecular formula is C19H17ClN2O3. The summed E-state index contributed by atoms with van der Waals surface area (Å²) >= 11 is 5.87. The molecule has 2 aromatic rings. The van der Waals surface area contributed by atoms with Crippen molar-refractivity contribution >= 4 is 23.6 Å². The van der Waals surface area contributed by atoms with E-state index in [2.05, 4.69) is 5.32 Å². The highest BCUT2D eigenvalue weighted by atomic mass is 35.5. The summed E-state index contributed by atoms with van der Waals surface area (Å²) in [6, 6.07) is 12.6. The summed E-state index contributed by atoms with van der Waals surface area (Å²) in [5, 5.41) is 12.6. The van der Waals surface area contributed by atoms with Gasteiger partial charge in [0.1, 0.15) is 23.2 Å². The van der Waals surface area contributed by atoms with Crippen molar-refractivity contribution in [3.63, 3.8) is 0 Å². The third-order valence-corrected chi connectivity index (χ3v) is 4.17. The third kappa shape index (κ3) is 4.50. The van der Waals surface area contributed by atoms with Crippen molar-refractivity contribution < 1.29 is 13.9 Å². The molecule has 2 heterocycles. The molecule has 1 aromatic carbocycles. The van der Waals surface area contributed by atoms with Gasteiger partial charge < -0.3 is 14.5 Å². The van der Waals surface area contributed by atoms with E-state index in [0.29, 0.717) is 23.1 Å². The molecule has 0 saturated carbocycles. The van der Waals surface area contributed by atoms with Gasteiger partial charge in [0, 0.05) is 29.8 Å². The molecule has 1 amide bonds. The summed E-state index contributed by atoms with van der Waals surface area (Å²) < 4.78 is 11.1. The Labute approximate surface area is 150 Å². The van der Waals surface area contributed by atoms with E-state index >= 15 is 0 Å². The number of nitriles is 1. The average molecular weight is 357 g/mol. The maximum absolute atomic E-state index is 12.1. The number of hydrogen-bond donors (Lipinski definition) is 1. The maximum Gasteiger partial charge on any atom is 0.262 e. The Balaban J connectivity index is 1.68. The van der Waals surface area contributed by atoms with Crippen LogP contribution in [-0.4, -0.2) is 25.2 Å². The minimum atomic E-state index is -0.428. The average Bonchev–Trinajstić information content (AvgIpc) is 3.30. The van der Waals surface area contributed by atoms with Crippen LogP contribution in [0.2, 0.25) is 5.02 Å². The predicted octanol–water partition coefficient (Wildman–Crippen LogP) is 3.80. The van der Waals surface area contributed by atoms with Gasteiger partial charge in [0.25, 0.3) is 5.91 Å². The Morgan fingerprint density at radius 3 is 2.80 bits per heavy atom. The first-order valence-electron chi connectivity index (χ1n) is 8.03. The highest BCUT2D eigenvalue weighted by molar-refractivity contribution is 6.30. The van der Waals surface area contributed by atoms with Crippen LogP contribution in [0.1, 0.15) is 18.6 Å². The van der Waals surface area contributed by atoms with Gasteiger partial charge in [-0.3, -0.25) is 4.79 Å². The van der Waals surface area contributed by atoms with E-state index in [1.165, 1.54) is 6.08 Å². The summed E-state index contributed by atoms with van der Waals surface area (Å²) in [6.45, 7) is 1.13. The minimum absolute atomic E-state index is 0.00463. The number of nitrogens with zero attached hydrogens (tertiary/aromatic N) is 1. The normalized spacial score (nSPS) is 17.3. The first-order chi connectivity index (χ1) is 12.2. The number of hydrogen-bond acceptors (Lipinski definition) is 4. The number of furan rings is 1. The molecule has 6 heteroatoms. The monoisotopic (exact) mass is 356 g/mol. The van der Waals surface area contributed by atoms with Crippen molar-refractivity contribution in [3.05, 3.63) is 52.8 Å². The predicted molar refractivity (Wildman–Crippen MR) is 94.7 cm³/mol. The van der Waals surface area contributed by atoms with Crippen LogP contribution in [0.4, 0.5) is 0 Å². The van der Waals surface area contributed by atoms with Crippen LogP contribution in [-0.2, 0) is 9.53 Å². The van der Waals surface area contributed by atoms with Crippen molar-refractivity contribution in [3.8, 4) is 17.4 Å². The van der Waals surface area contributed by atoms with Crippen LogP contribution < -0.4 is 5.32 Å². The first-order valence-corrected chi connectivity index (χ1v) is 8.41. The summed E-state index contributed by atoms with van der Waals surface area (Å²) in [4.78, 5) is 12.1. The van der Waals surface area contributed by atoms with E-state index in [1.807, 2.05) is 18.2 Å². The highest BCUT2D eigenvalue weighted by Crippen LogP contribution is 2.24. The van der Waals surface area contributed by atoms with Gasteiger partial charge in [-0.15, -0.1) is 0 Å². The van der Waals surface area contributed by atoms with Crippen molar-refractivity contribution in [2.75, 3.05) is 13.2 Å². The van der Waals surface area contributed by atoms with Gasteiger partial charge in [-0.1, -0.05) is 11.6 Å². The number of ether oxygens (including phenoxy) is 1. The third-order valence-electron chi connectivity index (χ3n) is 3.92. The second kappa shape index (κ2) is 8.02. The lowest BCUT2D eigenvalue weighted by Crippen LogP contribution is -2.32. The fourth-order valence-electron chi connectivity index (χ4n) is 2.60. The molecule has 0 aliphatic carbocycles. The van der Waals surface area contributed by atoms with Gasteiger partial charge in [0.15, 0.2) is 0 Å². The molecule has 0 radical (unpaired) electrons. The van der Waals surface area contributed by atoms with Gasteiger partial charge in [-0.25, -0.2) is 0 Å². The van der Waals surface area contributed by atoms with Gasteiger partial charge in [0.05, 0.1) is 6.10 Å². The van der Waals surface area contributed by atoms with Gasteiger partial charge in [0.2, 0.25) is 0 Å². The van der Waals surface area contributed by atoms with E-state index in [4.69, 9.17) is 20.8 Å². The van der Waals surface area contributed by atoms with Gasteiger partial charge in [-0.2, -0.15) is 5.26 Å². The lowest BCUT2D eigenvalue weighted by Gasteiger charge is -2.09. The highest BCUT2D eigenvalue weighted by Gasteiger charge is 2.18. The lowest BCUT2D eigenvalue weighted by molar-refractivity contribution is -0.117. The van der Waals surface area contributed by atoms with E-state index < -0.39 is 5.91 Å². The number of carbonyl (C=O) groups excluding carboxylic acids is 1. The molecule has 128 valence electrons. The largest absolute Gasteiger partial charge is 0.457 e. The van der Waals surface area contributed by atoms with Crippen molar-refractivity contribution in [2.24, 2.45) is 0 Å². The Bertz CT molecular complexity index is 812. The maximum atomic E-state index is 12.1. The Morgan fingerprint density at radius 2 is 2.12 bits per heavy atom. The van der Waals surface area contributed by atoms with Crippen LogP contribution in [0.15, 0.2) is 46.4 Å².